The second-order valence-corrected chi connectivity index (χ2v) is 24.1. The van der Waals surface area contributed by atoms with Crippen molar-refractivity contribution in [2.75, 3.05) is 0 Å². The minimum absolute atomic E-state index is 0.0478. The van der Waals surface area contributed by atoms with Gasteiger partial charge in [-0.15, -0.1) is 0 Å². The summed E-state index contributed by atoms with van der Waals surface area (Å²) in [6.07, 6.45) is 9.55. The van der Waals surface area contributed by atoms with Crippen molar-refractivity contribution in [3.8, 4) is 33.4 Å². The summed E-state index contributed by atoms with van der Waals surface area (Å²) >= 11 is 3.89. The molecule has 0 atom stereocenters. The third-order valence-electron chi connectivity index (χ3n) is 11.2. The summed E-state index contributed by atoms with van der Waals surface area (Å²) in [4.78, 5) is 0. The minimum atomic E-state index is -2.97. The Kier molecular flexibility index (Phi) is 9.87. The first-order chi connectivity index (χ1) is 25.9. The van der Waals surface area contributed by atoms with Gasteiger partial charge in [-0.2, -0.15) is 0 Å². The van der Waals surface area contributed by atoms with Gasteiger partial charge in [-0.3, -0.25) is 0 Å². The van der Waals surface area contributed by atoms with Crippen molar-refractivity contribution in [1.82, 2.24) is 0 Å². The SMILES string of the molecule is Cc1ccc([C](c2cccc(Cl)c2)=[Zr]([CH]2C=CC=C2)[CH]2c3cc(-c4ccccc4)c(C(C)(C)C)cc3-c3cc(C(C)(C)C)c(-c4ccccc4)cc32)cc1. The van der Waals surface area contributed by atoms with Crippen LogP contribution in [0.3, 0.4) is 0 Å². The molecule has 0 saturated carbocycles. The van der Waals surface area contributed by atoms with E-state index in [-0.39, 0.29) is 14.5 Å². The zero-order valence-electron chi connectivity index (χ0n) is 32.5. The predicted octanol–water partition coefficient (Wildman–Crippen LogP) is 14.4. The molecule has 2 aliphatic rings. The number of benzene rings is 6. The van der Waals surface area contributed by atoms with Gasteiger partial charge in [-0.25, -0.2) is 0 Å². The molecule has 0 aromatic heterocycles. The van der Waals surface area contributed by atoms with Gasteiger partial charge in [0.25, 0.3) is 0 Å². The summed E-state index contributed by atoms with van der Waals surface area (Å²) in [6, 6.07) is 50.5. The summed E-state index contributed by atoms with van der Waals surface area (Å²) in [5, 5.41) is 0.784. The molecule has 6 aromatic rings. The molecule has 0 saturated heterocycles. The van der Waals surface area contributed by atoms with E-state index in [1.165, 1.54) is 75.5 Å². The fourth-order valence-electron chi connectivity index (χ4n) is 8.64. The molecule has 0 spiro atoms. The van der Waals surface area contributed by atoms with Crippen molar-refractivity contribution in [2.24, 2.45) is 0 Å². The van der Waals surface area contributed by atoms with Crippen molar-refractivity contribution < 1.29 is 21.3 Å². The summed E-state index contributed by atoms with van der Waals surface area (Å²) < 4.78 is 2.15. The van der Waals surface area contributed by atoms with Gasteiger partial charge in [-0.1, -0.05) is 0 Å². The van der Waals surface area contributed by atoms with Crippen LogP contribution in [0, 0.1) is 6.92 Å². The van der Waals surface area contributed by atoms with Crippen LogP contribution in [-0.4, -0.2) is 3.21 Å². The van der Waals surface area contributed by atoms with Gasteiger partial charge in [0.1, 0.15) is 0 Å². The van der Waals surface area contributed by atoms with E-state index in [1.54, 1.807) is 0 Å². The van der Waals surface area contributed by atoms with Gasteiger partial charge in [0.05, 0.1) is 0 Å². The molecule has 0 aliphatic heterocycles. The Bertz CT molecular complexity index is 2330. The van der Waals surface area contributed by atoms with E-state index >= 15 is 0 Å². The molecule has 0 N–H and O–H groups in total. The molecule has 2 aliphatic carbocycles. The topological polar surface area (TPSA) is 0 Å². The van der Waals surface area contributed by atoms with Crippen LogP contribution in [-0.2, 0) is 32.1 Å². The Hall–Kier alpha value is -4.16. The number of hydrogen-bond donors (Lipinski definition) is 0. The van der Waals surface area contributed by atoms with E-state index in [0.29, 0.717) is 3.63 Å². The van der Waals surface area contributed by atoms with Crippen LogP contribution in [0.2, 0.25) is 8.65 Å². The Morgan fingerprint density at radius 3 is 1.48 bits per heavy atom. The maximum atomic E-state index is 6.87. The van der Waals surface area contributed by atoms with Crippen molar-refractivity contribution in [3.63, 3.8) is 0 Å². The van der Waals surface area contributed by atoms with E-state index in [1.807, 2.05) is 6.07 Å². The normalized spacial score (nSPS) is 14.7. The molecule has 0 amide bonds. The number of aryl methyl sites for hydroxylation is 1. The van der Waals surface area contributed by atoms with Crippen LogP contribution in [0.1, 0.15) is 84.1 Å². The first-order valence-electron chi connectivity index (χ1n) is 19.3. The van der Waals surface area contributed by atoms with Crippen LogP contribution < -0.4 is 0 Å². The van der Waals surface area contributed by atoms with Crippen LogP contribution in [0.5, 0.6) is 0 Å². The van der Waals surface area contributed by atoms with Crippen molar-refractivity contribution >= 4 is 14.8 Å². The van der Waals surface area contributed by atoms with Crippen molar-refractivity contribution in [2.45, 2.75) is 66.5 Å². The zero-order valence-corrected chi connectivity index (χ0v) is 35.8. The Morgan fingerprint density at radius 2 is 1.02 bits per heavy atom. The molecular weight excluding hydrogens is 751 g/mol. The number of halogens is 1. The summed E-state index contributed by atoms with van der Waals surface area (Å²) in [5.74, 6) is 0. The Labute approximate surface area is 335 Å². The van der Waals surface area contributed by atoms with E-state index in [9.17, 15) is 0 Å². The van der Waals surface area contributed by atoms with Gasteiger partial charge in [-0.05, 0) is 0 Å². The third-order valence-corrected chi connectivity index (χ3v) is 20.1. The molecule has 268 valence electrons. The molecule has 6 aromatic carbocycles. The zero-order chi connectivity index (χ0) is 37.8. The van der Waals surface area contributed by atoms with Crippen molar-refractivity contribution in [1.29, 1.82) is 0 Å². The van der Waals surface area contributed by atoms with E-state index < -0.39 is 21.3 Å². The second-order valence-electron chi connectivity index (χ2n) is 17.1. The molecule has 0 nitrogen and oxygen atoms in total. The average Bonchev–Trinajstić information content (AvgIpc) is 3.80. The first-order valence-corrected chi connectivity index (χ1v) is 23.7. The third kappa shape index (κ3) is 6.96. The molecule has 0 bridgehead atoms. The molecule has 54 heavy (non-hydrogen) atoms. The molecule has 8 rings (SSSR count). The van der Waals surface area contributed by atoms with Gasteiger partial charge in [0.2, 0.25) is 0 Å². The number of rotatable bonds is 6. The fourth-order valence-corrected chi connectivity index (χ4v) is 18.1. The van der Waals surface area contributed by atoms with Crippen LogP contribution in [0.15, 0.2) is 158 Å². The average molecular weight is 801 g/mol. The van der Waals surface area contributed by atoms with Crippen LogP contribution >= 0.6 is 11.6 Å². The number of allylic oxidation sites excluding steroid dienone is 4. The Balaban J connectivity index is 1.55. The van der Waals surface area contributed by atoms with E-state index in [4.69, 9.17) is 11.6 Å². The van der Waals surface area contributed by atoms with Gasteiger partial charge in [0, 0.05) is 0 Å². The quantitative estimate of drug-likeness (QED) is 0.157. The molecule has 0 radical (unpaired) electrons. The molecule has 0 fully saturated rings. The van der Waals surface area contributed by atoms with Gasteiger partial charge in [0.15, 0.2) is 0 Å². The van der Waals surface area contributed by atoms with Crippen molar-refractivity contribution in [3.05, 3.63) is 202 Å². The standard InChI is InChI=1S/C33H33.C14H11Cl.C5H5.Zr/c1-32(2,3)30-20-26-24(18-28(30)22-13-9-7-10-14-22)17-25-19-29(23-15-11-8-12-16-23)31(21-27(25)26)33(4,5)6;1-11-5-7-12(8-6-11)9-13-3-2-4-14(15)10-13;1-2-4-5-3-1;/h7-21H,1-6H3;2-8,10H,1H3;1-5H;. The molecule has 2 heteroatoms. The number of hydrogen-bond acceptors (Lipinski definition) is 0. The van der Waals surface area contributed by atoms with Gasteiger partial charge >= 0.3 is 338 Å². The number of fused-ring (bicyclic) bond motifs is 3. The molecular formula is C52H49ClZr. The van der Waals surface area contributed by atoms with Crippen LogP contribution in [0.4, 0.5) is 0 Å². The summed E-state index contributed by atoms with van der Waals surface area (Å²) in [6.45, 7) is 16.4. The Morgan fingerprint density at radius 1 is 0.519 bits per heavy atom. The maximum absolute atomic E-state index is 6.87. The monoisotopic (exact) mass is 798 g/mol. The fraction of sp³-hybridized carbons (Fsp3) is 0.212. The first kappa shape index (κ1) is 36.8. The molecule has 0 unspecified atom stereocenters. The predicted molar refractivity (Wildman–Crippen MR) is 230 cm³/mol. The van der Waals surface area contributed by atoms with Crippen LogP contribution in [0.25, 0.3) is 33.4 Å². The second kappa shape index (κ2) is 14.5. The summed E-state index contributed by atoms with van der Waals surface area (Å²) in [7, 11) is 0. The molecule has 0 heterocycles. The van der Waals surface area contributed by atoms with E-state index in [0.717, 1.165) is 5.02 Å². The summed E-state index contributed by atoms with van der Waals surface area (Å²) in [5.41, 5.74) is 17.6. The van der Waals surface area contributed by atoms with Gasteiger partial charge < -0.3 is 0 Å². The van der Waals surface area contributed by atoms with E-state index in [2.05, 4.69) is 200 Å².